The van der Waals surface area contributed by atoms with Gasteiger partial charge in [0, 0.05) is 12.1 Å². The second-order valence-corrected chi connectivity index (χ2v) is 3.94. The van der Waals surface area contributed by atoms with Gasteiger partial charge in [-0.3, -0.25) is 0 Å². The van der Waals surface area contributed by atoms with Crippen molar-refractivity contribution >= 4 is 12.4 Å². The number of aliphatic hydroxyl groups excluding tert-OH is 1. The van der Waals surface area contributed by atoms with Gasteiger partial charge in [-0.2, -0.15) is 0 Å². The lowest BCUT2D eigenvalue weighted by atomic mass is 9.90. The minimum absolute atomic E-state index is 0. The topological polar surface area (TPSA) is 32.3 Å². The van der Waals surface area contributed by atoms with E-state index in [-0.39, 0.29) is 24.0 Å². The first kappa shape index (κ1) is 11.5. The molecule has 2 rings (SSSR count). The molecule has 0 aliphatic carbocycles. The van der Waals surface area contributed by atoms with Gasteiger partial charge >= 0.3 is 0 Å². The van der Waals surface area contributed by atoms with Gasteiger partial charge in [0.15, 0.2) is 0 Å². The molecule has 0 aromatic heterocycles. The molecule has 14 heavy (non-hydrogen) atoms. The van der Waals surface area contributed by atoms with Crippen molar-refractivity contribution in [2.45, 2.75) is 25.0 Å². The minimum atomic E-state index is -0.204. The molecule has 2 N–H and O–H groups in total. The summed E-state index contributed by atoms with van der Waals surface area (Å²) in [5, 5.41) is 12.8. The van der Waals surface area contributed by atoms with Crippen molar-refractivity contribution in [3.8, 4) is 0 Å². The Morgan fingerprint density at radius 2 is 2.00 bits per heavy atom. The normalized spacial score (nSPS) is 31.1. The highest BCUT2D eigenvalue weighted by Crippen LogP contribution is 2.29. The smallest absolute Gasteiger partial charge is 0.0685 e. The number of β-amino-alcohol motifs (C(OH)–C–C–N with tert-alkyl or cyclic N) is 1. The average molecular weight is 214 g/mol. The van der Waals surface area contributed by atoms with Crippen LogP contribution in [0.5, 0.6) is 0 Å². The van der Waals surface area contributed by atoms with Crippen LogP contribution >= 0.6 is 12.4 Å². The highest BCUT2D eigenvalue weighted by Gasteiger charge is 2.34. The molecule has 1 aliphatic rings. The fraction of sp³-hybridized carbons (Fsp3) is 0.455. The first-order valence-corrected chi connectivity index (χ1v) is 4.69. The summed E-state index contributed by atoms with van der Waals surface area (Å²) in [5.74, 6) is 0. The molecule has 0 bridgehead atoms. The molecule has 1 aromatic rings. The fourth-order valence-corrected chi connectivity index (χ4v) is 1.98. The maximum atomic E-state index is 9.46. The Morgan fingerprint density at radius 3 is 2.50 bits per heavy atom. The standard InChI is InChI=1S/C11H15NO.ClH/c1-11(7-10(13)8-12-11)9-5-3-2-4-6-9;/h2-6,10,12-13H,7-8H2,1H3;1H. The van der Waals surface area contributed by atoms with Crippen LogP contribution in [-0.2, 0) is 5.54 Å². The molecule has 0 spiro atoms. The number of hydrogen-bond donors (Lipinski definition) is 2. The second kappa shape index (κ2) is 4.30. The van der Waals surface area contributed by atoms with Crippen LogP contribution in [0.25, 0.3) is 0 Å². The van der Waals surface area contributed by atoms with Crippen LogP contribution in [0.1, 0.15) is 18.9 Å². The Bertz CT molecular complexity index is 291. The average Bonchev–Trinajstić information content (AvgIpc) is 2.49. The van der Waals surface area contributed by atoms with Gasteiger partial charge in [-0.25, -0.2) is 0 Å². The number of hydrogen-bond acceptors (Lipinski definition) is 2. The molecule has 1 heterocycles. The van der Waals surface area contributed by atoms with Gasteiger partial charge in [0.05, 0.1) is 6.10 Å². The van der Waals surface area contributed by atoms with Crippen molar-refractivity contribution < 1.29 is 5.11 Å². The summed E-state index contributed by atoms with van der Waals surface area (Å²) in [4.78, 5) is 0. The van der Waals surface area contributed by atoms with E-state index >= 15 is 0 Å². The molecule has 3 heteroatoms. The predicted octanol–water partition coefficient (Wildman–Crippen LogP) is 1.68. The molecule has 1 aliphatic heterocycles. The summed E-state index contributed by atoms with van der Waals surface area (Å²) in [6, 6.07) is 10.3. The molecule has 2 nitrogen and oxygen atoms in total. The van der Waals surface area contributed by atoms with E-state index in [1.807, 2.05) is 18.2 Å². The second-order valence-electron chi connectivity index (χ2n) is 3.94. The summed E-state index contributed by atoms with van der Waals surface area (Å²) in [5.41, 5.74) is 1.22. The predicted molar refractivity (Wildman–Crippen MR) is 59.7 cm³/mol. The van der Waals surface area contributed by atoms with E-state index in [2.05, 4.69) is 24.4 Å². The van der Waals surface area contributed by atoms with Gasteiger partial charge in [-0.05, 0) is 18.9 Å². The van der Waals surface area contributed by atoms with Crippen LogP contribution < -0.4 is 5.32 Å². The third-order valence-electron chi connectivity index (χ3n) is 2.78. The Kier molecular flexibility index (Phi) is 3.53. The van der Waals surface area contributed by atoms with Gasteiger partial charge < -0.3 is 10.4 Å². The van der Waals surface area contributed by atoms with Crippen LogP contribution in [0.3, 0.4) is 0 Å². The number of aliphatic hydroxyl groups is 1. The van der Waals surface area contributed by atoms with E-state index in [0.717, 1.165) is 6.42 Å². The maximum Gasteiger partial charge on any atom is 0.0685 e. The van der Waals surface area contributed by atoms with Crippen LogP contribution in [0.15, 0.2) is 30.3 Å². The van der Waals surface area contributed by atoms with Gasteiger partial charge in [-0.1, -0.05) is 30.3 Å². The number of halogens is 1. The van der Waals surface area contributed by atoms with E-state index in [9.17, 15) is 5.11 Å². The molecule has 78 valence electrons. The summed E-state index contributed by atoms with van der Waals surface area (Å²) in [6.45, 7) is 2.84. The number of nitrogens with one attached hydrogen (secondary N) is 1. The third kappa shape index (κ3) is 2.08. The Balaban J connectivity index is 0.000000980. The monoisotopic (exact) mass is 213 g/mol. The Labute approximate surface area is 90.7 Å². The lowest BCUT2D eigenvalue weighted by Crippen LogP contribution is -2.32. The summed E-state index contributed by atoms with van der Waals surface area (Å²) >= 11 is 0. The lowest BCUT2D eigenvalue weighted by molar-refractivity contribution is 0.186. The molecule has 0 radical (unpaired) electrons. The van der Waals surface area contributed by atoms with Gasteiger partial charge in [0.25, 0.3) is 0 Å². The van der Waals surface area contributed by atoms with E-state index in [0.29, 0.717) is 6.54 Å². The summed E-state index contributed by atoms with van der Waals surface area (Å²) in [7, 11) is 0. The van der Waals surface area contributed by atoms with Crippen LogP contribution in [0, 0.1) is 0 Å². The van der Waals surface area contributed by atoms with Gasteiger partial charge in [-0.15, -0.1) is 12.4 Å². The summed E-state index contributed by atoms with van der Waals surface area (Å²) in [6.07, 6.45) is 0.599. The molecule has 1 aromatic carbocycles. The van der Waals surface area contributed by atoms with Crippen molar-refractivity contribution in [1.82, 2.24) is 5.32 Å². The molecule has 1 fully saturated rings. The van der Waals surface area contributed by atoms with Crippen LogP contribution in [0.2, 0.25) is 0 Å². The van der Waals surface area contributed by atoms with Crippen molar-refractivity contribution in [3.05, 3.63) is 35.9 Å². The highest BCUT2D eigenvalue weighted by atomic mass is 35.5. The van der Waals surface area contributed by atoms with E-state index < -0.39 is 0 Å². The Hall–Kier alpha value is -0.570. The first-order chi connectivity index (χ1) is 6.21. The molecular weight excluding hydrogens is 198 g/mol. The zero-order valence-corrected chi connectivity index (χ0v) is 9.05. The van der Waals surface area contributed by atoms with Gasteiger partial charge in [0.2, 0.25) is 0 Å². The molecule has 1 saturated heterocycles. The van der Waals surface area contributed by atoms with Crippen LogP contribution in [0.4, 0.5) is 0 Å². The fourth-order valence-electron chi connectivity index (χ4n) is 1.98. The molecule has 2 atom stereocenters. The van der Waals surface area contributed by atoms with Gasteiger partial charge in [0.1, 0.15) is 0 Å². The zero-order valence-electron chi connectivity index (χ0n) is 8.23. The van der Waals surface area contributed by atoms with Crippen molar-refractivity contribution in [3.63, 3.8) is 0 Å². The van der Waals surface area contributed by atoms with E-state index in [4.69, 9.17) is 0 Å². The molecular formula is C11H16ClNO. The zero-order chi connectivity index (χ0) is 9.31. The SMILES string of the molecule is CC1(c2ccccc2)CC(O)CN1.Cl. The third-order valence-corrected chi connectivity index (χ3v) is 2.78. The van der Waals surface area contributed by atoms with E-state index in [1.54, 1.807) is 0 Å². The Morgan fingerprint density at radius 1 is 1.36 bits per heavy atom. The largest absolute Gasteiger partial charge is 0.392 e. The van der Waals surface area contributed by atoms with Crippen molar-refractivity contribution in [1.29, 1.82) is 0 Å². The first-order valence-electron chi connectivity index (χ1n) is 4.69. The van der Waals surface area contributed by atoms with Crippen molar-refractivity contribution in [2.75, 3.05) is 6.54 Å². The molecule has 0 amide bonds. The maximum absolute atomic E-state index is 9.46. The molecule has 2 unspecified atom stereocenters. The molecule has 0 saturated carbocycles. The minimum Gasteiger partial charge on any atom is -0.392 e. The lowest BCUT2D eigenvalue weighted by Gasteiger charge is -2.24. The number of rotatable bonds is 1. The van der Waals surface area contributed by atoms with Crippen LogP contribution in [-0.4, -0.2) is 17.8 Å². The van der Waals surface area contributed by atoms with Crippen molar-refractivity contribution in [2.24, 2.45) is 0 Å². The highest BCUT2D eigenvalue weighted by molar-refractivity contribution is 5.85. The van der Waals surface area contributed by atoms with E-state index in [1.165, 1.54) is 5.56 Å². The quantitative estimate of drug-likeness (QED) is 0.744. The number of benzene rings is 1. The summed E-state index contributed by atoms with van der Waals surface area (Å²) < 4.78 is 0.